The molecule has 0 spiro atoms. The molecule has 0 fully saturated rings. The van der Waals surface area contributed by atoms with Crippen molar-refractivity contribution < 1.29 is 12.8 Å². The summed E-state index contributed by atoms with van der Waals surface area (Å²) in [5.41, 5.74) is 5.57. The molecule has 1 aromatic heterocycles. The van der Waals surface area contributed by atoms with Gasteiger partial charge in [-0.15, -0.1) is 0 Å². The van der Waals surface area contributed by atoms with Gasteiger partial charge in [-0.25, -0.2) is 17.8 Å². The molecular weight excluding hydrogens is 305 g/mol. The van der Waals surface area contributed by atoms with Crippen LogP contribution in [0.3, 0.4) is 0 Å². The van der Waals surface area contributed by atoms with Gasteiger partial charge in [-0.1, -0.05) is 17.7 Å². The molecular formula is C12H11ClFN3O2S. The number of pyridine rings is 1. The van der Waals surface area contributed by atoms with Crippen molar-refractivity contribution in [1.82, 2.24) is 4.98 Å². The van der Waals surface area contributed by atoms with E-state index in [4.69, 9.17) is 17.3 Å². The van der Waals surface area contributed by atoms with Crippen LogP contribution >= 0.6 is 11.6 Å². The number of aromatic nitrogens is 1. The number of nitrogens with zero attached hydrogens (tertiary/aromatic N) is 2. The maximum atomic E-state index is 13.9. The normalized spacial score (nSPS) is 11.3. The van der Waals surface area contributed by atoms with E-state index in [-0.39, 0.29) is 16.5 Å². The fourth-order valence-electron chi connectivity index (χ4n) is 1.58. The standard InChI is InChI=1S/C12H11ClFN3O2S/c1-17(11-4-2-3-5-16-11)20(18,19)10-7-8(15)6-9(13)12(10)14/h2-7H,15H2,1H3. The first-order valence-electron chi connectivity index (χ1n) is 5.48. The average molecular weight is 316 g/mol. The molecule has 0 saturated carbocycles. The van der Waals surface area contributed by atoms with Crippen molar-refractivity contribution in [3.05, 3.63) is 47.4 Å². The zero-order chi connectivity index (χ0) is 14.9. The van der Waals surface area contributed by atoms with Crippen LogP contribution < -0.4 is 10.0 Å². The summed E-state index contributed by atoms with van der Waals surface area (Å²) in [6, 6.07) is 6.93. The SMILES string of the molecule is CN(c1ccccn1)S(=O)(=O)c1cc(N)cc(Cl)c1F. The third-order valence-electron chi connectivity index (χ3n) is 2.63. The van der Waals surface area contributed by atoms with Gasteiger partial charge in [0.25, 0.3) is 10.0 Å². The molecule has 0 unspecified atom stereocenters. The molecule has 20 heavy (non-hydrogen) atoms. The molecule has 106 valence electrons. The first-order valence-corrected chi connectivity index (χ1v) is 7.30. The molecule has 0 amide bonds. The average Bonchev–Trinajstić information content (AvgIpc) is 2.42. The molecule has 5 nitrogen and oxygen atoms in total. The highest BCUT2D eigenvalue weighted by molar-refractivity contribution is 7.92. The van der Waals surface area contributed by atoms with Gasteiger partial charge in [0.2, 0.25) is 0 Å². The predicted molar refractivity (Wildman–Crippen MR) is 75.6 cm³/mol. The fourth-order valence-corrected chi connectivity index (χ4v) is 3.14. The molecule has 0 aliphatic rings. The Hall–Kier alpha value is -1.86. The molecule has 1 heterocycles. The van der Waals surface area contributed by atoms with Crippen LogP contribution in [0.5, 0.6) is 0 Å². The van der Waals surface area contributed by atoms with E-state index in [0.29, 0.717) is 0 Å². The Morgan fingerprint density at radius 1 is 1.35 bits per heavy atom. The third-order valence-corrected chi connectivity index (χ3v) is 4.66. The van der Waals surface area contributed by atoms with Gasteiger partial charge >= 0.3 is 0 Å². The maximum Gasteiger partial charge on any atom is 0.268 e. The van der Waals surface area contributed by atoms with Crippen LogP contribution in [0.25, 0.3) is 0 Å². The van der Waals surface area contributed by atoms with Crippen molar-refractivity contribution in [2.24, 2.45) is 0 Å². The van der Waals surface area contributed by atoms with E-state index < -0.39 is 20.7 Å². The monoisotopic (exact) mass is 315 g/mol. The lowest BCUT2D eigenvalue weighted by molar-refractivity contribution is 0.566. The van der Waals surface area contributed by atoms with Crippen molar-refractivity contribution in [2.75, 3.05) is 17.1 Å². The van der Waals surface area contributed by atoms with E-state index in [1.165, 1.54) is 19.3 Å². The minimum absolute atomic E-state index is 0.0596. The summed E-state index contributed by atoms with van der Waals surface area (Å²) in [5, 5.41) is -0.349. The molecule has 1 aromatic carbocycles. The quantitative estimate of drug-likeness (QED) is 0.882. The van der Waals surface area contributed by atoms with E-state index in [1.54, 1.807) is 12.1 Å². The van der Waals surface area contributed by atoms with Crippen molar-refractivity contribution in [1.29, 1.82) is 0 Å². The smallest absolute Gasteiger partial charge is 0.268 e. The molecule has 0 bridgehead atoms. The second-order valence-electron chi connectivity index (χ2n) is 3.98. The molecule has 0 aliphatic carbocycles. The summed E-state index contributed by atoms with van der Waals surface area (Å²) < 4.78 is 39.6. The van der Waals surface area contributed by atoms with Gasteiger partial charge in [-0.2, -0.15) is 0 Å². The summed E-state index contributed by atoms with van der Waals surface area (Å²) in [4.78, 5) is 3.32. The van der Waals surface area contributed by atoms with Gasteiger partial charge in [0.05, 0.1) is 5.02 Å². The number of halogens is 2. The Kier molecular flexibility index (Phi) is 3.82. The van der Waals surface area contributed by atoms with Gasteiger partial charge in [-0.3, -0.25) is 4.31 Å². The van der Waals surface area contributed by atoms with Crippen LogP contribution in [-0.2, 0) is 10.0 Å². The minimum Gasteiger partial charge on any atom is -0.399 e. The zero-order valence-corrected chi connectivity index (χ0v) is 12.0. The van der Waals surface area contributed by atoms with Crippen molar-refractivity contribution in [2.45, 2.75) is 4.90 Å². The van der Waals surface area contributed by atoms with Crippen LogP contribution in [0, 0.1) is 5.82 Å². The molecule has 0 saturated heterocycles. The van der Waals surface area contributed by atoms with Crippen LogP contribution in [0.15, 0.2) is 41.4 Å². The highest BCUT2D eigenvalue weighted by Crippen LogP contribution is 2.28. The van der Waals surface area contributed by atoms with Crippen LogP contribution in [0.4, 0.5) is 15.9 Å². The first-order chi connectivity index (χ1) is 9.34. The second kappa shape index (κ2) is 5.26. The molecule has 0 atom stereocenters. The highest BCUT2D eigenvalue weighted by Gasteiger charge is 2.27. The molecule has 0 radical (unpaired) electrons. The Morgan fingerprint density at radius 2 is 2.05 bits per heavy atom. The summed E-state index contributed by atoms with van der Waals surface area (Å²) in [5.74, 6) is -0.880. The Morgan fingerprint density at radius 3 is 2.65 bits per heavy atom. The largest absolute Gasteiger partial charge is 0.399 e. The van der Waals surface area contributed by atoms with Crippen molar-refractivity contribution in [3.63, 3.8) is 0 Å². The summed E-state index contributed by atoms with van der Waals surface area (Å²) in [6.45, 7) is 0. The minimum atomic E-state index is -4.14. The van der Waals surface area contributed by atoms with Crippen molar-refractivity contribution >= 4 is 33.1 Å². The highest BCUT2D eigenvalue weighted by atomic mass is 35.5. The second-order valence-corrected chi connectivity index (χ2v) is 6.32. The molecule has 2 aromatic rings. The maximum absolute atomic E-state index is 13.9. The van der Waals surface area contributed by atoms with Crippen molar-refractivity contribution in [3.8, 4) is 0 Å². The molecule has 8 heteroatoms. The first kappa shape index (κ1) is 14.5. The topological polar surface area (TPSA) is 76.3 Å². The molecule has 2 rings (SSSR count). The van der Waals surface area contributed by atoms with Gasteiger partial charge in [-0.05, 0) is 24.3 Å². The molecule has 0 aliphatic heterocycles. The van der Waals surface area contributed by atoms with E-state index >= 15 is 0 Å². The number of hydrogen-bond acceptors (Lipinski definition) is 4. The van der Waals surface area contributed by atoms with Crippen LogP contribution in [-0.4, -0.2) is 20.4 Å². The third kappa shape index (κ3) is 2.54. The fraction of sp³-hybridized carbons (Fsp3) is 0.0833. The Balaban J connectivity index is 2.57. The molecule has 2 N–H and O–H groups in total. The summed E-state index contributed by atoms with van der Waals surface area (Å²) in [6.07, 6.45) is 1.43. The van der Waals surface area contributed by atoms with Gasteiger partial charge < -0.3 is 5.73 Å². The van der Waals surface area contributed by atoms with E-state index in [1.807, 2.05) is 0 Å². The Labute approximate surface area is 120 Å². The lowest BCUT2D eigenvalue weighted by Gasteiger charge is -2.19. The lowest BCUT2D eigenvalue weighted by Crippen LogP contribution is -2.28. The summed E-state index contributed by atoms with van der Waals surface area (Å²) in [7, 11) is -2.86. The zero-order valence-electron chi connectivity index (χ0n) is 10.4. The van der Waals surface area contributed by atoms with E-state index in [9.17, 15) is 12.8 Å². The van der Waals surface area contributed by atoms with Gasteiger partial charge in [0.1, 0.15) is 10.7 Å². The summed E-state index contributed by atoms with van der Waals surface area (Å²) >= 11 is 5.62. The van der Waals surface area contributed by atoms with E-state index in [0.717, 1.165) is 16.4 Å². The van der Waals surface area contributed by atoms with Crippen LogP contribution in [0.1, 0.15) is 0 Å². The van der Waals surface area contributed by atoms with Gasteiger partial charge in [0, 0.05) is 18.9 Å². The Bertz CT molecular complexity index is 738. The van der Waals surface area contributed by atoms with E-state index in [2.05, 4.69) is 4.98 Å². The number of nitrogen functional groups attached to an aromatic ring is 1. The van der Waals surface area contributed by atoms with Gasteiger partial charge in [0.15, 0.2) is 5.82 Å². The number of rotatable bonds is 3. The number of hydrogen-bond donors (Lipinski definition) is 1. The number of nitrogens with two attached hydrogens (primary N) is 1. The number of sulfonamides is 1. The predicted octanol–water partition coefficient (Wildman–Crippen LogP) is 2.28. The number of anilines is 2. The number of benzene rings is 1. The lowest BCUT2D eigenvalue weighted by atomic mass is 10.3. The van der Waals surface area contributed by atoms with Crippen LogP contribution in [0.2, 0.25) is 5.02 Å².